The number of carbonyl (C=O) groups is 1. The number of fused-ring (bicyclic) bond motifs is 1. The molecular weight excluding hydrogens is 204 g/mol. The van der Waals surface area contributed by atoms with Crippen LogP contribution in [0, 0.1) is 0 Å². The van der Waals surface area contributed by atoms with Gasteiger partial charge in [0.25, 0.3) is 5.91 Å². The van der Waals surface area contributed by atoms with Gasteiger partial charge < -0.3 is 10.0 Å². The van der Waals surface area contributed by atoms with Gasteiger partial charge in [0.1, 0.15) is 5.60 Å². The van der Waals surface area contributed by atoms with Crippen LogP contribution in [0.4, 0.5) is 0 Å². The third-order valence-corrected chi connectivity index (χ3v) is 3.61. The number of aliphatic hydroxyl groups is 1. The molecule has 2 fully saturated rings. The van der Waals surface area contributed by atoms with E-state index in [1.807, 2.05) is 4.90 Å². The van der Waals surface area contributed by atoms with Crippen LogP contribution >= 0.6 is 0 Å². The normalized spacial score (nSPS) is 27.7. The van der Waals surface area contributed by atoms with Gasteiger partial charge in [0.15, 0.2) is 0 Å². The predicted molar refractivity (Wildman–Crippen MR) is 62.1 cm³/mol. The van der Waals surface area contributed by atoms with Crippen molar-refractivity contribution >= 4 is 5.91 Å². The van der Waals surface area contributed by atoms with Crippen molar-refractivity contribution in [1.29, 1.82) is 0 Å². The molecule has 0 radical (unpaired) electrons. The van der Waals surface area contributed by atoms with Gasteiger partial charge in [-0.15, -0.1) is 0 Å². The van der Waals surface area contributed by atoms with E-state index in [0.717, 1.165) is 26.1 Å². The molecule has 16 heavy (non-hydrogen) atoms. The molecule has 1 N–H and O–H groups in total. The van der Waals surface area contributed by atoms with Gasteiger partial charge in [-0.3, -0.25) is 9.69 Å². The average molecular weight is 226 g/mol. The highest BCUT2D eigenvalue weighted by atomic mass is 16.3. The van der Waals surface area contributed by atoms with Crippen LogP contribution in [0.25, 0.3) is 0 Å². The lowest BCUT2D eigenvalue weighted by atomic mass is 10.1. The zero-order valence-electron chi connectivity index (χ0n) is 10.3. The molecule has 4 nitrogen and oxygen atoms in total. The fourth-order valence-electron chi connectivity index (χ4n) is 2.78. The lowest BCUT2D eigenvalue weighted by molar-refractivity contribution is -0.148. The Morgan fingerprint density at radius 2 is 1.94 bits per heavy atom. The van der Waals surface area contributed by atoms with Crippen LogP contribution in [-0.2, 0) is 4.79 Å². The summed E-state index contributed by atoms with van der Waals surface area (Å²) < 4.78 is 0. The number of nitrogens with zero attached hydrogens (tertiary/aromatic N) is 2. The van der Waals surface area contributed by atoms with Crippen LogP contribution in [0.3, 0.4) is 0 Å². The van der Waals surface area contributed by atoms with E-state index in [0.29, 0.717) is 6.04 Å². The summed E-state index contributed by atoms with van der Waals surface area (Å²) in [5, 5.41) is 9.77. The summed E-state index contributed by atoms with van der Waals surface area (Å²) in [5.41, 5.74) is -1.23. The van der Waals surface area contributed by atoms with Crippen LogP contribution in [0.1, 0.15) is 33.1 Å². The second kappa shape index (κ2) is 4.34. The molecule has 2 aliphatic heterocycles. The van der Waals surface area contributed by atoms with Crippen molar-refractivity contribution in [3.63, 3.8) is 0 Å². The van der Waals surface area contributed by atoms with Gasteiger partial charge in [-0.2, -0.15) is 0 Å². The van der Waals surface area contributed by atoms with Crippen molar-refractivity contribution in [3.05, 3.63) is 0 Å². The standard InChI is InChI=1S/C12H22N2O2/c1-12(2,16)11(15)14-8-4-7-13-6-3-5-10(13)9-14/h10,16H,3-9H2,1-2H3. The van der Waals surface area contributed by atoms with E-state index in [1.165, 1.54) is 19.4 Å². The van der Waals surface area contributed by atoms with Crippen LogP contribution in [-0.4, -0.2) is 58.6 Å². The predicted octanol–water partition coefficient (Wildman–Crippen LogP) is 0.454. The van der Waals surface area contributed by atoms with Gasteiger partial charge in [-0.25, -0.2) is 0 Å². The Morgan fingerprint density at radius 1 is 1.25 bits per heavy atom. The summed E-state index contributed by atoms with van der Waals surface area (Å²) >= 11 is 0. The zero-order valence-corrected chi connectivity index (χ0v) is 10.3. The topological polar surface area (TPSA) is 43.8 Å². The van der Waals surface area contributed by atoms with E-state index < -0.39 is 5.60 Å². The van der Waals surface area contributed by atoms with E-state index in [1.54, 1.807) is 13.8 Å². The van der Waals surface area contributed by atoms with Crippen molar-refractivity contribution in [2.75, 3.05) is 26.2 Å². The third kappa shape index (κ3) is 2.38. The molecule has 1 unspecified atom stereocenters. The first-order valence-electron chi connectivity index (χ1n) is 6.24. The fraction of sp³-hybridized carbons (Fsp3) is 0.917. The highest BCUT2D eigenvalue weighted by Crippen LogP contribution is 2.22. The summed E-state index contributed by atoms with van der Waals surface area (Å²) in [5.74, 6) is -0.124. The first-order chi connectivity index (χ1) is 7.48. The van der Waals surface area contributed by atoms with Gasteiger partial charge >= 0.3 is 0 Å². The molecule has 2 rings (SSSR count). The van der Waals surface area contributed by atoms with Gasteiger partial charge in [0, 0.05) is 25.7 Å². The van der Waals surface area contributed by atoms with Gasteiger partial charge in [-0.1, -0.05) is 0 Å². The Labute approximate surface area is 97.2 Å². The number of carbonyl (C=O) groups excluding carboxylic acids is 1. The van der Waals surface area contributed by atoms with Gasteiger partial charge in [-0.05, 0) is 39.7 Å². The van der Waals surface area contributed by atoms with E-state index >= 15 is 0 Å². The molecule has 0 saturated carbocycles. The quantitative estimate of drug-likeness (QED) is 0.706. The molecule has 2 aliphatic rings. The summed E-state index contributed by atoms with van der Waals surface area (Å²) in [7, 11) is 0. The van der Waals surface area contributed by atoms with E-state index in [4.69, 9.17) is 0 Å². The minimum atomic E-state index is -1.23. The van der Waals surface area contributed by atoms with Crippen molar-refractivity contribution < 1.29 is 9.90 Å². The molecule has 92 valence electrons. The maximum Gasteiger partial charge on any atom is 0.254 e. The van der Waals surface area contributed by atoms with Crippen molar-refractivity contribution in [3.8, 4) is 0 Å². The van der Waals surface area contributed by atoms with E-state index in [2.05, 4.69) is 4.90 Å². The molecule has 0 aromatic carbocycles. The van der Waals surface area contributed by atoms with E-state index in [9.17, 15) is 9.90 Å². The Morgan fingerprint density at radius 3 is 2.62 bits per heavy atom. The molecule has 1 atom stereocenters. The maximum atomic E-state index is 12.0. The van der Waals surface area contributed by atoms with Gasteiger partial charge in [0.2, 0.25) is 0 Å². The summed E-state index contributed by atoms with van der Waals surface area (Å²) in [4.78, 5) is 16.3. The lowest BCUT2D eigenvalue weighted by Crippen LogP contribution is -2.48. The summed E-state index contributed by atoms with van der Waals surface area (Å²) in [6.07, 6.45) is 3.46. The Hall–Kier alpha value is -0.610. The fourth-order valence-corrected chi connectivity index (χ4v) is 2.78. The lowest BCUT2D eigenvalue weighted by Gasteiger charge is -2.30. The van der Waals surface area contributed by atoms with Crippen molar-refractivity contribution in [2.45, 2.75) is 44.8 Å². The first kappa shape index (κ1) is 11.9. The van der Waals surface area contributed by atoms with Crippen molar-refractivity contribution in [2.24, 2.45) is 0 Å². The monoisotopic (exact) mass is 226 g/mol. The van der Waals surface area contributed by atoms with Crippen molar-refractivity contribution in [1.82, 2.24) is 9.80 Å². The molecular formula is C12H22N2O2. The maximum absolute atomic E-state index is 12.0. The minimum Gasteiger partial charge on any atom is -0.381 e. The SMILES string of the molecule is CC(C)(O)C(=O)N1CCCN2CCCC2C1. The third-order valence-electron chi connectivity index (χ3n) is 3.61. The molecule has 0 aromatic rings. The number of rotatable bonds is 1. The summed E-state index contributed by atoms with van der Waals surface area (Å²) in [6, 6.07) is 0.522. The second-order valence-corrected chi connectivity index (χ2v) is 5.50. The zero-order chi connectivity index (χ0) is 11.8. The second-order valence-electron chi connectivity index (χ2n) is 5.50. The van der Waals surface area contributed by atoms with E-state index in [-0.39, 0.29) is 5.91 Å². The Balaban J connectivity index is 2.03. The van der Waals surface area contributed by atoms with Crippen LogP contribution in [0.5, 0.6) is 0 Å². The molecule has 0 aliphatic carbocycles. The number of hydrogen-bond donors (Lipinski definition) is 1. The molecule has 1 amide bonds. The minimum absolute atomic E-state index is 0.124. The largest absolute Gasteiger partial charge is 0.381 e. The van der Waals surface area contributed by atoms with Crippen LogP contribution < -0.4 is 0 Å². The molecule has 2 heterocycles. The highest BCUT2D eigenvalue weighted by molar-refractivity contribution is 5.84. The average Bonchev–Trinajstić information content (AvgIpc) is 2.53. The smallest absolute Gasteiger partial charge is 0.254 e. The Kier molecular flexibility index (Phi) is 3.22. The summed E-state index contributed by atoms with van der Waals surface area (Å²) in [6.45, 7) is 7.01. The highest BCUT2D eigenvalue weighted by Gasteiger charge is 2.35. The van der Waals surface area contributed by atoms with Crippen LogP contribution in [0.15, 0.2) is 0 Å². The molecule has 0 bridgehead atoms. The molecule has 0 aromatic heterocycles. The van der Waals surface area contributed by atoms with Gasteiger partial charge in [0.05, 0.1) is 0 Å². The molecule has 0 spiro atoms. The molecule has 2 saturated heterocycles. The Bertz CT molecular complexity index is 273. The first-order valence-corrected chi connectivity index (χ1v) is 6.24. The molecule has 4 heteroatoms. The number of hydrogen-bond acceptors (Lipinski definition) is 3. The number of amides is 1. The van der Waals surface area contributed by atoms with Crippen LogP contribution in [0.2, 0.25) is 0 Å².